The molecule has 0 saturated carbocycles. The lowest BCUT2D eigenvalue weighted by atomic mass is 10.2. The number of hydrogen-bond acceptors (Lipinski definition) is 4. The maximum Gasteiger partial charge on any atom is 0.332 e. The number of aromatic nitrogens is 4. The number of nitrogens with one attached hydrogen (secondary N) is 1. The minimum Gasteiger partial charge on any atom is -0.364 e. The van der Waals surface area contributed by atoms with Crippen molar-refractivity contribution < 1.29 is 13.6 Å². The number of carbonyl (C=O) groups is 1. The van der Waals surface area contributed by atoms with Gasteiger partial charge in [0.2, 0.25) is 0 Å². The molecule has 2 heterocycles. The molecular weight excluding hydrogens is 356 g/mol. The highest BCUT2D eigenvalue weighted by Crippen LogP contribution is 2.23. The first-order valence-electron chi connectivity index (χ1n) is 7.79. The predicted molar refractivity (Wildman–Crippen MR) is 93.4 cm³/mol. The van der Waals surface area contributed by atoms with Gasteiger partial charge in [-0.1, -0.05) is 24.3 Å². The van der Waals surface area contributed by atoms with Crippen LogP contribution in [0.2, 0.25) is 0 Å². The maximum atomic E-state index is 14.2. The highest BCUT2D eigenvalue weighted by Gasteiger charge is 2.21. The Labute approximate surface area is 150 Å². The van der Waals surface area contributed by atoms with E-state index in [4.69, 9.17) is 5.73 Å². The molecule has 0 aliphatic carbocycles. The lowest BCUT2D eigenvalue weighted by Crippen LogP contribution is -2.16. The number of para-hydroxylation sites is 1. The number of imidazole rings is 1. The maximum absolute atomic E-state index is 14.2. The fourth-order valence-corrected chi connectivity index (χ4v) is 2.78. The van der Waals surface area contributed by atoms with Crippen molar-refractivity contribution in [3.8, 4) is 17.1 Å². The number of halogens is 2. The summed E-state index contributed by atoms with van der Waals surface area (Å²) in [7, 11) is 0. The molecular formula is C18H11F2N5O2. The first-order valence-corrected chi connectivity index (χ1v) is 7.79. The molecule has 7 nitrogen and oxygen atoms in total. The van der Waals surface area contributed by atoms with E-state index in [0.29, 0.717) is 0 Å². The third-order valence-corrected chi connectivity index (χ3v) is 3.95. The average Bonchev–Trinajstić information content (AvgIpc) is 2.97. The van der Waals surface area contributed by atoms with Crippen molar-refractivity contribution in [2.24, 2.45) is 5.73 Å². The Bertz CT molecular complexity index is 1260. The van der Waals surface area contributed by atoms with Crippen LogP contribution in [-0.2, 0) is 0 Å². The van der Waals surface area contributed by atoms with Crippen molar-refractivity contribution in [3.05, 3.63) is 76.3 Å². The molecule has 27 heavy (non-hydrogen) atoms. The summed E-state index contributed by atoms with van der Waals surface area (Å²) in [5, 5.41) is 0. The monoisotopic (exact) mass is 367 g/mol. The van der Waals surface area contributed by atoms with Gasteiger partial charge >= 0.3 is 5.69 Å². The van der Waals surface area contributed by atoms with Gasteiger partial charge in [-0.3, -0.25) is 4.79 Å². The molecule has 0 atom stereocenters. The van der Waals surface area contributed by atoms with Crippen molar-refractivity contribution >= 4 is 17.1 Å². The van der Waals surface area contributed by atoms with Crippen molar-refractivity contribution in [2.75, 3.05) is 0 Å². The number of fused-ring (bicyclic) bond motifs is 1. The predicted octanol–water partition coefficient (Wildman–Crippen LogP) is 2.15. The number of hydrogen-bond donors (Lipinski definition) is 2. The molecule has 3 N–H and O–H groups in total. The largest absolute Gasteiger partial charge is 0.364 e. The molecule has 4 aromatic rings. The summed E-state index contributed by atoms with van der Waals surface area (Å²) < 4.78 is 28.8. The fourth-order valence-electron chi connectivity index (χ4n) is 2.78. The zero-order chi connectivity index (χ0) is 19.1. The first kappa shape index (κ1) is 16.6. The van der Waals surface area contributed by atoms with E-state index in [2.05, 4.69) is 15.0 Å². The Morgan fingerprint density at radius 3 is 2.56 bits per heavy atom. The molecule has 0 fully saturated rings. The SMILES string of the molecule is NC(=O)c1nc(-c2cccc(F)c2)nc2c1[nH]c(=O)n2-c1ccccc1F. The average molecular weight is 367 g/mol. The lowest BCUT2D eigenvalue weighted by Gasteiger charge is -2.07. The molecule has 0 saturated heterocycles. The quantitative estimate of drug-likeness (QED) is 0.579. The topological polar surface area (TPSA) is 107 Å². The molecule has 0 spiro atoms. The van der Waals surface area contributed by atoms with Gasteiger partial charge in [0.05, 0.1) is 5.69 Å². The normalized spacial score (nSPS) is 11.0. The molecule has 4 rings (SSSR count). The number of primary amides is 1. The van der Waals surface area contributed by atoms with E-state index in [-0.39, 0.29) is 33.9 Å². The van der Waals surface area contributed by atoms with Gasteiger partial charge in [-0.2, -0.15) is 0 Å². The lowest BCUT2D eigenvalue weighted by molar-refractivity contribution is 0.0997. The minimum absolute atomic E-state index is 0.0279. The second kappa shape index (κ2) is 6.13. The number of nitrogens with two attached hydrogens (primary N) is 1. The summed E-state index contributed by atoms with van der Waals surface area (Å²) in [4.78, 5) is 35.0. The van der Waals surface area contributed by atoms with Gasteiger partial charge in [-0.15, -0.1) is 0 Å². The molecule has 0 unspecified atom stereocenters. The van der Waals surface area contributed by atoms with Crippen molar-refractivity contribution in [3.63, 3.8) is 0 Å². The minimum atomic E-state index is -0.915. The van der Waals surface area contributed by atoms with Crippen LogP contribution in [-0.4, -0.2) is 25.4 Å². The number of aromatic amines is 1. The number of nitrogens with zero attached hydrogens (tertiary/aromatic N) is 3. The third-order valence-electron chi connectivity index (χ3n) is 3.95. The van der Waals surface area contributed by atoms with Crippen molar-refractivity contribution in [2.45, 2.75) is 0 Å². The molecule has 0 aliphatic rings. The van der Waals surface area contributed by atoms with E-state index in [9.17, 15) is 18.4 Å². The Hall–Kier alpha value is -3.88. The Balaban J connectivity index is 2.10. The van der Waals surface area contributed by atoms with Gasteiger partial charge in [0.1, 0.15) is 17.2 Å². The van der Waals surface area contributed by atoms with Crippen LogP contribution >= 0.6 is 0 Å². The van der Waals surface area contributed by atoms with Crippen molar-refractivity contribution in [1.82, 2.24) is 19.5 Å². The molecule has 134 valence electrons. The second-order valence-electron chi connectivity index (χ2n) is 5.69. The van der Waals surface area contributed by atoms with E-state index in [1.165, 1.54) is 42.5 Å². The van der Waals surface area contributed by atoms with Crippen LogP contribution in [0.25, 0.3) is 28.2 Å². The Morgan fingerprint density at radius 2 is 1.85 bits per heavy atom. The van der Waals surface area contributed by atoms with Crippen LogP contribution in [0.5, 0.6) is 0 Å². The number of benzene rings is 2. The van der Waals surface area contributed by atoms with Crippen molar-refractivity contribution in [1.29, 1.82) is 0 Å². The van der Waals surface area contributed by atoms with Crippen LogP contribution in [0.15, 0.2) is 53.3 Å². The number of carbonyl (C=O) groups excluding carboxylic acids is 1. The summed E-state index contributed by atoms with van der Waals surface area (Å²) in [5.74, 6) is -2.13. The van der Waals surface area contributed by atoms with Crippen LogP contribution < -0.4 is 11.4 Å². The van der Waals surface area contributed by atoms with E-state index >= 15 is 0 Å². The summed E-state index contributed by atoms with van der Waals surface area (Å²) in [6.07, 6.45) is 0. The van der Waals surface area contributed by atoms with Gasteiger partial charge in [0, 0.05) is 5.56 Å². The highest BCUT2D eigenvalue weighted by molar-refractivity contribution is 6.02. The Kier molecular flexibility index (Phi) is 3.76. The highest BCUT2D eigenvalue weighted by atomic mass is 19.1. The summed E-state index contributed by atoms with van der Waals surface area (Å²) in [6.45, 7) is 0. The summed E-state index contributed by atoms with van der Waals surface area (Å²) >= 11 is 0. The van der Waals surface area contributed by atoms with Crippen LogP contribution in [0.1, 0.15) is 10.5 Å². The molecule has 0 radical (unpaired) electrons. The molecule has 0 aliphatic heterocycles. The molecule has 0 bridgehead atoms. The number of amides is 1. The second-order valence-corrected chi connectivity index (χ2v) is 5.69. The van der Waals surface area contributed by atoms with Crippen LogP contribution in [0.3, 0.4) is 0 Å². The van der Waals surface area contributed by atoms with Gasteiger partial charge < -0.3 is 10.7 Å². The van der Waals surface area contributed by atoms with Crippen LogP contribution in [0.4, 0.5) is 8.78 Å². The van der Waals surface area contributed by atoms with Gasteiger partial charge in [0.15, 0.2) is 17.2 Å². The smallest absolute Gasteiger partial charge is 0.332 e. The Morgan fingerprint density at radius 1 is 1.07 bits per heavy atom. The van der Waals surface area contributed by atoms with Gasteiger partial charge in [-0.05, 0) is 24.3 Å². The molecule has 1 amide bonds. The summed E-state index contributed by atoms with van der Waals surface area (Å²) in [6, 6.07) is 11.0. The fraction of sp³-hybridized carbons (Fsp3) is 0. The van der Waals surface area contributed by atoms with Gasteiger partial charge in [0.25, 0.3) is 5.91 Å². The molecule has 2 aromatic heterocycles. The zero-order valence-corrected chi connectivity index (χ0v) is 13.6. The van der Waals surface area contributed by atoms with Gasteiger partial charge in [-0.25, -0.2) is 28.1 Å². The van der Waals surface area contributed by atoms with Crippen LogP contribution in [0, 0.1) is 11.6 Å². The summed E-state index contributed by atoms with van der Waals surface area (Å²) in [5.41, 5.74) is 4.53. The number of rotatable bonds is 3. The zero-order valence-electron chi connectivity index (χ0n) is 13.6. The van der Waals surface area contributed by atoms with E-state index in [1.54, 1.807) is 6.07 Å². The van der Waals surface area contributed by atoms with E-state index < -0.39 is 23.2 Å². The molecule has 2 aromatic carbocycles. The number of H-pyrrole nitrogens is 1. The molecule has 9 heteroatoms. The standard InChI is InChI=1S/C18H11F2N5O2/c19-10-5-3-4-9(8-10)16-22-13(15(21)26)14-17(24-16)25(18(27)23-14)12-7-2-1-6-11(12)20/h1-8H,(H2,21,26)(H,23,27). The van der Waals surface area contributed by atoms with E-state index in [1.807, 2.05) is 0 Å². The third kappa shape index (κ3) is 2.74. The van der Waals surface area contributed by atoms with E-state index in [0.717, 1.165) is 4.57 Å². The first-order chi connectivity index (χ1) is 13.0.